The van der Waals surface area contributed by atoms with E-state index in [1.165, 1.54) is 18.5 Å². The second-order valence-electron chi connectivity index (χ2n) is 5.86. The largest absolute Gasteiger partial charge is 0.394 e. The summed E-state index contributed by atoms with van der Waals surface area (Å²) in [4.78, 5) is 4.92. The van der Waals surface area contributed by atoms with Crippen molar-refractivity contribution in [2.24, 2.45) is 0 Å². The van der Waals surface area contributed by atoms with Gasteiger partial charge < -0.3 is 14.7 Å². The number of piperidine rings is 1. The Morgan fingerprint density at radius 1 is 1.14 bits per heavy atom. The molecule has 1 aromatic rings. The molecule has 116 valence electrons. The molecule has 1 atom stereocenters. The SMILES string of the molecule is OCC1CN(C2CCN(c3ccc(Cl)cc3)CC2)CCO1. The Labute approximate surface area is 131 Å². The number of benzene rings is 1. The summed E-state index contributed by atoms with van der Waals surface area (Å²) in [5, 5.41) is 10.0. The van der Waals surface area contributed by atoms with Crippen LogP contribution in [-0.2, 0) is 4.74 Å². The first-order valence-electron chi connectivity index (χ1n) is 7.73. The van der Waals surface area contributed by atoms with Crippen LogP contribution in [0.5, 0.6) is 0 Å². The van der Waals surface area contributed by atoms with E-state index in [4.69, 9.17) is 16.3 Å². The van der Waals surface area contributed by atoms with E-state index < -0.39 is 0 Å². The predicted octanol–water partition coefficient (Wildman–Crippen LogP) is 2.00. The second kappa shape index (κ2) is 6.97. The minimum absolute atomic E-state index is 0.00644. The molecular weight excluding hydrogens is 288 g/mol. The maximum absolute atomic E-state index is 9.25. The Bertz CT molecular complexity index is 446. The number of morpholine rings is 1. The third-order valence-electron chi connectivity index (χ3n) is 4.55. The van der Waals surface area contributed by atoms with Gasteiger partial charge in [-0.1, -0.05) is 11.6 Å². The van der Waals surface area contributed by atoms with Crippen LogP contribution in [0, 0.1) is 0 Å². The molecule has 0 amide bonds. The summed E-state index contributed by atoms with van der Waals surface area (Å²) >= 11 is 5.95. The Morgan fingerprint density at radius 2 is 1.86 bits per heavy atom. The van der Waals surface area contributed by atoms with Crippen LogP contribution in [0.3, 0.4) is 0 Å². The number of rotatable bonds is 3. The predicted molar refractivity (Wildman–Crippen MR) is 85.1 cm³/mol. The summed E-state index contributed by atoms with van der Waals surface area (Å²) in [6.45, 7) is 4.87. The Morgan fingerprint density at radius 3 is 2.52 bits per heavy atom. The van der Waals surface area contributed by atoms with Gasteiger partial charge in [-0.15, -0.1) is 0 Å². The van der Waals surface area contributed by atoms with Crippen LogP contribution in [0.4, 0.5) is 5.69 Å². The van der Waals surface area contributed by atoms with Gasteiger partial charge in [-0.25, -0.2) is 0 Å². The van der Waals surface area contributed by atoms with Gasteiger partial charge in [0.2, 0.25) is 0 Å². The number of aliphatic hydroxyl groups is 1. The lowest BCUT2D eigenvalue weighted by molar-refractivity contribution is -0.0671. The summed E-state index contributed by atoms with van der Waals surface area (Å²) in [5.41, 5.74) is 1.26. The van der Waals surface area contributed by atoms with Crippen molar-refractivity contribution in [3.05, 3.63) is 29.3 Å². The number of aliphatic hydroxyl groups excluding tert-OH is 1. The van der Waals surface area contributed by atoms with Crippen molar-refractivity contribution in [2.75, 3.05) is 44.3 Å². The summed E-state index contributed by atoms with van der Waals surface area (Å²) < 4.78 is 5.54. The molecule has 2 heterocycles. The van der Waals surface area contributed by atoms with Crippen LogP contribution < -0.4 is 4.90 Å². The van der Waals surface area contributed by atoms with E-state index in [2.05, 4.69) is 21.9 Å². The molecule has 4 nitrogen and oxygen atoms in total. The average Bonchev–Trinajstić information content (AvgIpc) is 2.56. The highest BCUT2D eigenvalue weighted by atomic mass is 35.5. The first kappa shape index (κ1) is 15.1. The first-order valence-corrected chi connectivity index (χ1v) is 8.11. The van der Waals surface area contributed by atoms with Gasteiger partial charge in [0.25, 0.3) is 0 Å². The number of ether oxygens (including phenoxy) is 1. The summed E-state index contributed by atoms with van der Waals surface area (Å²) in [7, 11) is 0. The molecule has 2 aliphatic heterocycles. The van der Waals surface area contributed by atoms with Gasteiger partial charge in [0.1, 0.15) is 0 Å². The zero-order chi connectivity index (χ0) is 14.7. The van der Waals surface area contributed by atoms with Crippen LogP contribution in [0.15, 0.2) is 24.3 Å². The highest BCUT2D eigenvalue weighted by Crippen LogP contribution is 2.25. The van der Waals surface area contributed by atoms with Gasteiger partial charge in [0, 0.05) is 42.9 Å². The zero-order valence-corrected chi connectivity index (χ0v) is 13.0. The van der Waals surface area contributed by atoms with E-state index in [9.17, 15) is 5.11 Å². The molecule has 0 bridgehead atoms. The van der Waals surface area contributed by atoms with Gasteiger partial charge >= 0.3 is 0 Å². The number of anilines is 1. The van der Waals surface area contributed by atoms with Crippen molar-refractivity contribution >= 4 is 17.3 Å². The van der Waals surface area contributed by atoms with Crippen LogP contribution in [0.1, 0.15) is 12.8 Å². The molecule has 0 aliphatic carbocycles. The fraction of sp³-hybridized carbons (Fsp3) is 0.625. The lowest BCUT2D eigenvalue weighted by Gasteiger charge is -2.42. The highest BCUT2D eigenvalue weighted by molar-refractivity contribution is 6.30. The van der Waals surface area contributed by atoms with Crippen molar-refractivity contribution in [1.82, 2.24) is 4.90 Å². The van der Waals surface area contributed by atoms with E-state index >= 15 is 0 Å². The van der Waals surface area contributed by atoms with E-state index in [1.807, 2.05) is 12.1 Å². The molecule has 2 saturated heterocycles. The van der Waals surface area contributed by atoms with Crippen LogP contribution in [0.25, 0.3) is 0 Å². The van der Waals surface area contributed by atoms with E-state index in [-0.39, 0.29) is 12.7 Å². The smallest absolute Gasteiger partial charge is 0.0932 e. The van der Waals surface area contributed by atoms with Crippen molar-refractivity contribution in [3.8, 4) is 0 Å². The first-order chi connectivity index (χ1) is 10.3. The molecule has 0 saturated carbocycles. The molecule has 2 fully saturated rings. The summed E-state index contributed by atoms with van der Waals surface area (Å²) in [5.74, 6) is 0. The van der Waals surface area contributed by atoms with Gasteiger partial charge in [0.15, 0.2) is 0 Å². The number of hydrogen-bond acceptors (Lipinski definition) is 4. The Balaban J connectivity index is 1.54. The van der Waals surface area contributed by atoms with Crippen molar-refractivity contribution in [1.29, 1.82) is 0 Å². The van der Waals surface area contributed by atoms with E-state index in [0.29, 0.717) is 6.04 Å². The molecule has 0 aromatic heterocycles. The molecule has 3 rings (SSSR count). The third-order valence-corrected chi connectivity index (χ3v) is 4.80. The van der Waals surface area contributed by atoms with Crippen LogP contribution in [-0.4, -0.2) is 61.5 Å². The summed E-state index contributed by atoms with van der Waals surface area (Å²) in [6, 6.07) is 8.72. The van der Waals surface area contributed by atoms with Crippen molar-refractivity contribution < 1.29 is 9.84 Å². The van der Waals surface area contributed by atoms with E-state index in [1.54, 1.807) is 0 Å². The minimum Gasteiger partial charge on any atom is -0.394 e. The van der Waals surface area contributed by atoms with Gasteiger partial charge in [-0.2, -0.15) is 0 Å². The highest BCUT2D eigenvalue weighted by Gasteiger charge is 2.29. The summed E-state index contributed by atoms with van der Waals surface area (Å²) in [6.07, 6.45) is 2.33. The topological polar surface area (TPSA) is 35.9 Å². The molecule has 21 heavy (non-hydrogen) atoms. The average molecular weight is 311 g/mol. The third kappa shape index (κ3) is 3.69. The normalized spacial score (nSPS) is 25.2. The Kier molecular flexibility index (Phi) is 5.01. The van der Waals surface area contributed by atoms with Gasteiger partial charge in [-0.3, -0.25) is 4.90 Å². The maximum Gasteiger partial charge on any atom is 0.0932 e. The molecule has 1 N–H and O–H groups in total. The van der Waals surface area contributed by atoms with E-state index in [0.717, 1.165) is 37.8 Å². The fourth-order valence-corrected chi connectivity index (χ4v) is 3.45. The standard InChI is InChI=1S/C16H23ClN2O2/c17-13-1-3-14(4-2-13)18-7-5-15(6-8-18)19-9-10-21-16(11-19)12-20/h1-4,15-16,20H,5-12H2. The lowest BCUT2D eigenvalue weighted by Crippen LogP contribution is -2.52. The zero-order valence-electron chi connectivity index (χ0n) is 12.2. The van der Waals surface area contributed by atoms with Crippen molar-refractivity contribution in [2.45, 2.75) is 25.0 Å². The molecule has 1 aromatic carbocycles. The number of halogens is 1. The molecular formula is C16H23ClN2O2. The van der Waals surface area contributed by atoms with Gasteiger partial charge in [-0.05, 0) is 37.1 Å². The molecule has 2 aliphatic rings. The molecule has 5 heteroatoms. The van der Waals surface area contributed by atoms with Crippen LogP contribution in [0.2, 0.25) is 5.02 Å². The second-order valence-corrected chi connectivity index (χ2v) is 6.30. The maximum atomic E-state index is 9.25. The lowest BCUT2D eigenvalue weighted by atomic mass is 10.0. The number of hydrogen-bond donors (Lipinski definition) is 1. The van der Waals surface area contributed by atoms with Gasteiger partial charge in [0.05, 0.1) is 19.3 Å². The fourth-order valence-electron chi connectivity index (χ4n) is 3.33. The number of nitrogens with zero attached hydrogens (tertiary/aromatic N) is 2. The van der Waals surface area contributed by atoms with Crippen LogP contribution >= 0.6 is 11.6 Å². The Hall–Kier alpha value is -0.810. The molecule has 1 unspecified atom stereocenters. The minimum atomic E-state index is -0.00644. The molecule has 0 spiro atoms. The molecule has 0 radical (unpaired) electrons. The van der Waals surface area contributed by atoms with Crippen molar-refractivity contribution in [3.63, 3.8) is 0 Å². The quantitative estimate of drug-likeness (QED) is 0.926. The monoisotopic (exact) mass is 310 g/mol.